The Kier molecular flexibility index (Phi) is 4.16. The third kappa shape index (κ3) is 3.19. The lowest BCUT2D eigenvalue weighted by molar-refractivity contribution is -0.386. The maximum absolute atomic E-state index is 10.9. The molecular formula is C12H15ClN2O3. The molecule has 0 aliphatic heterocycles. The number of benzene rings is 1. The Balaban J connectivity index is 2.04. The molecular weight excluding hydrogens is 256 g/mol. The Morgan fingerprint density at radius 1 is 1.50 bits per heavy atom. The van der Waals surface area contributed by atoms with Gasteiger partial charge in [-0.25, -0.2) is 0 Å². The minimum Gasteiger partial charge on any atom is -0.373 e. The summed E-state index contributed by atoms with van der Waals surface area (Å²) in [6, 6.07) is 4.68. The van der Waals surface area contributed by atoms with Gasteiger partial charge in [0.2, 0.25) is 0 Å². The lowest BCUT2D eigenvalue weighted by atomic mass is 10.2. The van der Waals surface area contributed by atoms with Crippen LogP contribution >= 0.6 is 11.6 Å². The van der Waals surface area contributed by atoms with Crippen molar-refractivity contribution in [2.75, 3.05) is 0 Å². The van der Waals surface area contributed by atoms with Crippen LogP contribution in [0.5, 0.6) is 0 Å². The van der Waals surface area contributed by atoms with Crippen molar-refractivity contribution < 1.29 is 9.66 Å². The van der Waals surface area contributed by atoms with Gasteiger partial charge in [-0.05, 0) is 31.4 Å². The van der Waals surface area contributed by atoms with E-state index in [0.29, 0.717) is 10.6 Å². The van der Waals surface area contributed by atoms with E-state index in [9.17, 15) is 10.1 Å². The summed E-state index contributed by atoms with van der Waals surface area (Å²) in [5, 5.41) is 11.3. The van der Waals surface area contributed by atoms with Crippen molar-refractivity contribution in [3.8, 4) is 0 Å². The van der Waals surface area contributed by atoms with Crippen LogP contribution in [0.1, 0.15) is 24.8 Å². The first kappa shape index (κ1) is 13.3. The lowest BCUT2D eigenvalue weighted by Gasteiger charge is -2.11. The quantitative estimate of drug-likeness (QED) is 0.674. The van der Waals surface area contributed by atoms with Gasteiger partial charge in [0.1, 0.15) is 0 Å². The topological polar surface area (TPSA) is 78.4 Å². The maximum atomic E-state index is 10.9. The number of nitrogens with two attached hydrogens (primary N) is 1. The summed E-state index contributed by atoms with van der Waals surface area (Å²) >= 11 is 5.84. The zero-order valence-electron chi connectivity index (χ0n) is 9.84. The van der Waals surface area contributed by atoms with E-state index in [2.05, 4.69) is 0 Å². The number of halogens is 1. The molecule has 0 saturated heterocycles. The summed E-state index contributed by atoms with van der Waals surface area (Å²) in [6.07, 6.45) is 2.77. The largest absolute Gasteiger partial charge is 0.373 e. The molecule has 0 aromatic heterocycles. The van der Waals surface area contributed by atoms with Crippen LogP contribution < -0.4 is 5.73 Å². The highest BCUT2D eigenvalue weighted by atomic mass is 35.5. The molecule has 0 amide bonds. The number of nitrogens with zero attached hydrogens (tertiary/aromatic N) is 1. The molecule has 1 saturated carbocycles. The smallest absolute Gasteiger partial charge is 0.275 e. The molecule has 1 aromatic rings. The molecule has 0 radical (unpaired) electrons. The summed E-state index contributed by atoms with van der Waals surface area (Å²) < 4.78 is 5.66. The second kappa shape index (κ2) is 5.65. The number of hydrogen-bond donors (Lipinski definition) is 1. The SMILES string of the molecule is NC1CCC(OCc2cc(Cl)ccc2[N+](=O)[O-])C1. The van der Waals surface area contributed by atoms with Gasteiger partial charge in [-0.3, -0.25) is 10.1 Å². The van der Waals surface area contributed by atoms with Crippen LogP contribution in [0, 0.1) is 10.1 Å². The molecule has 2 atom stereocenters. The van der Waals surface area contributed by atoms with E-state index in [1.54, 1.807) is 6.07 Å². The van der Waals surface area contributed by atoms with Crippen LogP contribution in [0.2, 0.25) is 5.02 Å². The van der Waals surface area contributed by atoms with Crippen molar-refractivity contribution in [1.82, 2.24) is 0 Å². The van der Waals surface area contributed by atoms with E-state index < -0.39 is 4.92 Å². The first-order chi connectivity index (χ1) is 8.56. The number of ether oxygens (including phenoxy) is 1. The summed E-state index contributed by atoms with van der Waals surface area (Å²) in [7, 11) is 0. The molecule has 0 spiro atoms. The standard InChI is InChI=1S/C12H15ClN2O3/c13-9-1-4-12(15(16)17)8(5-9)7-18-11-3-2-10(14)6-11/h1,4-5,10-11H,2-3,6-7,14H2. The van der Waals surface area contributed by atoms with Crippen LogP contribution in [0.4, 0.5) is 5.69 Å². The fraction of sp³-hybridized carbons (Fsp3) is 0.500. The zero-order chi connectivity index (χ0) is 13.1. The molecule has 1 aliphatic rings. The lowest BCUT2D eigenvalue weighted by Crippen LogP contribution is -2.17. The highest BCUT2D eigenvalue weighted by Gasteiger charge is 2.23. The summed E-state index contributed by atoms with van der Waals surface area (Å²) in [5.74, 6) is 0. The van der Waals surface area contributed by atoms with E-state index in [4.69, 9.17) is 22.1 Å². The van der Waals surface area contributed by atoms with Crippen molar-refractivity contribution >= 4 is 17.3 Å². The van der Waals surface area contributed by atoms with Crippen molar-refractivity contribution in [2.45, 2.75) is 38.0 Å². The molecule has 98 valence electrons. The number of hydrogen-bond acceptors (Lipinski definition) is 4. The van der Waals surface area contributed by atoms with E-state index >= 15 is 0 Å². The van der Waals surface area contributed by atoms with Crippen molar-refractivity contribution in [1.29, 1.82) is 0 Å². The van der Waals surface area contributed by atoms with Gasteiger partial charge >= 0.3 is 0 Å². The molecule has 0 heterocycles. The Morgan fingerprint density at radius 3 is 2.89 bits per heavy atom. The van der Waals surface area contributed by atoms with E-state index in [1.165, 1.54) is 12.1 Å². The molecule has 18 heavy (non-hydrogen) atoms. The normalized spacial score (nSPS) is 23.2. The number of rotatable bonds is 4. The van der Waals surface area contributed by atoms with E-state index in [0.717, 1.165) is 19.3 Å². The Bertz CT molecular complexity index is 453. The fourth-order valence-electron chi connectivity index (χ4n) is 2.18. The van der Waals surface area contributed by atoms with Crippen LogP contribution in [0.25, 0.3) is 0 Å². The average Bonchev–Trinajstić information content (AvgIpc) is 2.72. The Hall–Kier alpha value is -1.17. The van der Waals surface area contributed by atoms with Crippen LogP contribution in [-0.4, -0.2) is 17.1 Å². The van der Waals surface area contributed by atoms with Gasteiger partial charge in [-0.1, -0.05) is 11.6 Å². The Morgan fingerprint density at radius 2 is 2.28 bits per heavy atom. The highest BCUT2D eigenvalue weighted by molar-refractivity contribution is 6.30. The van der Waals surface area contributed by atoms with Crippen molar-refractivity contribution in [2.24, 2.45) is 5.73 Å². The molecule has 1 fully saturated rings. The van der Waals surface area contributed by atoms with Crippen molar-refractivity contribution in [3.63, 3.8) is 0 Å². The first-order valence-electron chi connectivity index (χ1n) is 5.86. The van der Waals surface area contributed by atoms with E-state index in [-0.39, 0.29) is 24.4 Å². The molecule has 2 rings (SSSR count). The second-order valence-corrected chi connectivity index (χ2v) is 4.97. The predicted octanol–water partition coefficient (Wildman–Crippen LogP) is 2.64. The molecule has 1 aromatic carbocycles. The van der Waals surface area contributed by atoms with Gasteiger partial charge < -0.3 is 10.5 Å². The molecule has 2 unspecified atom stereocenters. The third-order valence-electron chi connectivity index (χ3n) is 3.14. The summed E-state index contributed by atoms with van der Waals surface area (Å²) in [5.41, 5.74) is 6.34. The zero-order valence-corrected chi connectivity index (χ0v) is 10.6. The molecule has 0 bridgehead atoms. The molecule has 1 aliphatic carbocycles. The maximum Gasteiger partial charge on any atom is 0.275 e. The predicted molar refractivity (Wildman–Crippen MR) is 68.5 cm³/mol. The third-order valence-corrected chi connectivity index (χ3v) is 3.37. The van der Waals surface area contributed by atoms with Crippen LogP contribution in [-0.2, 0) is 11.3 Å². The van der Waals surface area contributed by atoms with Crippen LogP contribution in [0.15, 0.2) is 18.2 Å². The van der Waals surface area contributed by atoms with Gasteiger partial charge in [-0.15, -0.1) is 0 Å². The van der Waals surface area contributed by atoms with Gasteiger partial charge in [0.15, 0.2) is 0 Å². The molecule has 6 heteroatoms. The molecule has 2 N–H and O–H groups in total. The van der Waals surface area contributed by atoms with Gasteiger partial charge in [0, 0.05) is 17.1 Å². The minimum absolute atomic E-state index is 0.0432. The minimum atomic E-state index is -0.421. The first-order valence-corrected chi connectivity index (χ1v) is 6.24. The van der Waals surface area contributed by atoms with Gasteiger partial charge in [-0.2, -0.15) is 0 Å². The van der Waals surface area contributed by atoms with E-state index in [1.807, 2.05) is 0 Å². The highest BCUT2D eigenvalue weighted by Crippen LogP contribution is 2.26. The average molecular weight is 271 g/mol. The van der Waals surface area contributed by atoms with Crippen LogP contribution in [0.3, 0.4) is 0 Å². The molecule has 5 nitrogen and oxygen atoms in total. The summed E-state index contributed by atoms with van der Waals surface area (Å²) in [6.45, 7) is 0.203. The van der Waals surface area contributed by atoms with Gasteiger partial charge in [0.05, 0.1) is 23.2 Å². The fourth-order valence-corrected chi connectivity index (χ4v) is 2.37. The number of nitro groups is 1. The Labute approximate surface area is 110 Å². The number of nitro benzene ring substituents is 1. The monoisotopic (exact) mass is 270 g/mol. The second-order valence-electron chi connectivity index (χ2n) is 4.54. The van der Waals surface area contributed by atoms with Crippen molar-refractivity contribution in [3.05, 3.63) is 38.9 Å². The van der Waals surface area contributed by atoms with Gasteiger partial charge in [0.25, 0.3) is 5.69 Å². The summed E-state index contributed by atoms with van der Waals surface area (Å²) in [4.78, 5) is 10.4.